The minimum Gasteiger partial charge on any atom is -0.114 e. The van der Waals surface area contributed by atoms with Crippen molar-refractivity contribution in [1.29, 1.82) is 0 Å². The average Bonchev–Trinajstić information content (AvgIpc) is 2.35. The van der Waals surface area contributed by atoms with Gasteiger partial charge in [-0.05, 0) is 12.8 Å². The smallest absolute Gasteiger partial charge is 0.0347 e. The molecular formula is C16H33P. The summed E-state index contributed by atoms with van der Waals surface area (Å²) >= 11 is 0. The van der Waals surface area contributed by atoms with Crippen molar-refractivity contribution in [3.8, 4) is 0 Å². The summed E-state index contributed by atoms with van der Waals surface area (Å²) in [5, 5.41) is 0. The predicted octanol–water partition coefficient (Wildman–Crippen LogP) is 6.47. The zero-order chi connectivity index (χ0) is 12.6. The van der Waals surface area contributed by atoms with Gasteiger partial charge in [0.25, 0.3) is 0 Å². The first-order valence-corrected chi connectivity index (χ1v) is 8.45. The van der Waals surface area contributed by atoms with Gasteiger partial charge < -0.3 is 0 Å². The van der Waals surface area contributed by atoms with Gasteiger partial charge >= 0.3 is 0 Å². The van der Waals surface area contributed by atoms with E-state index in [-0.39, 0.29) is 0 Å². The molecule has 0 spiro atoms. The molecule has 0 aliphatic rings. The normalized spacial score (nSPS) is 11.4. The van der Waals surface area contributed by atoms with Crippen LogP contribution in [0.15, 0.2) is 11.9 Å². The first kappa shape index (κ1) is 17.2. The molecule has 0 aliphatic heterocycles. The maximum Gasteiger partial charge on any atom is -0.0347 e. The molecule has 0 saturated carbocycles. The van der Waals surface area contributed by atoms with E-state index in [0.29, 0.717) is 0 Å². The van der Waals surface area contributed by atoms with Gasteiger partial charge in [0.05, 0.1) is 0 Å². The maximum atomic E-state index is 2.64. The van der Waals surface area contributed by atoms with Crippen molar-refractivity contribution in [1.82, 2.24) is 0 Å². The molecule has 0 rings (SSSR count). The topological polar surface area (TPSA) is 0 Å². The number of hydrogen-bond acceptors (Lipinski definition) is 0. The Bertz CT molecular complexity index is 152. The highest BCUT2D eigenvalue weighted by Crippen LogP contribution is 2.12. The van der Waals surface area contributed by atoms with Crippen LogP contribution in [0, 0.1) is 0 Å². The van der Waals surface area contributed by atoms with Gasteiger partial charge in [-0.15, -0.1) is 9.24 Å². The first-order valence-electron chi connectivity index (χ1n) is 7.78. The molecule has 1 heteroatoms. The van der Waals surface area contributed by atoms with Crippen LogP contribution < -0.4 is 0 Å². The fourth-order valence-electron chi connectivity index (χ4n) is 2.20. The van der Waals surface area contributed by atoms with E-state index >= 15 is 0 Å². The lowest BCUT2D eigenvalue weighted by atomic mass is 10.0. The van der Waals surface area contributed by atoms with Gasteiger partial charge in [0, 0.05) is 0 Å². The monoisotopic (exact) mass is 256 g/mol. The fourth-order valence-corrected chi connectivity index (χ4v) is 2.39. The van der Waals surface area contributed by atoms with Crippen molar-refractivity contribution in [3.63, 3.8) is 0 Å². The third-order valence-corrected chi connectivity index (χ3v) is 3.63. The van der Waals surface area contributed by atoms with Crippen molar-refractivity contribution in [2.45, 2.75) is 90.4 Å². The Balaban J connectivity index is 2.89. The molecule has 0 aliphatic carbocycles. The van der Waals surface area contributed by atoms with Gasteiger partial charge in [-0.1, -0.05) is 89.4 Å². The molecule has 0 heterocycles. The maximum absolute atomic E-state index is 2.64. The van der Waals surface area contributed by atoms with Gasteiger partial charge in [0.2, 0.25) is 0 Å². The van der Waals surface area contributed by atoms with Crippen LogP contribution in [0.25, 0.3) is 0 Å². The van der Waals surface area contributed by atoms with Crippen LogP contribution in [-0.2, 0) is 0 Å². The van der Waals surface area contributed by atoms with E-state index in [4.69, 9.17) is 0 Å². The van der Waals surface area contributed by atoms with Gasteiger partial charge in [-0.2, -0.15) is 0 Å². The molecule has 1 atom stereocenters. The largest absolute Gasteiger partial charge is 0.114 e. The lowest BCUT2D eigenvalue weighted by Crippen LogP contribution is -1.82. The van der Waals surface area contributed by atoms with Crippen molar-refractivity contribution in [2.24, 2.45) is 0 Å². The van der Waals surface area contributed by atoms with Crippen LogP contribution >= 0.6 is 9.24 Å². The number of allylic oxidation sites excluding steroid dienone is 1. The Morgan fingerprint density at radius 2 is 1.06 bits per heavy atom. The minimum absolute atomic E-state index is 1.26. The summed E-state index contributed by atoms with van der Waals surface area (Å²) in [5.74, 6) is 2.08. The molecule has 1 unspecified atom stereocenters. The highest BCUT2D eigenvalue weighted by atomic mass is 31.0. The summed E-state index contributed by atoms with van der Waals surface area (Å²) in [5.41, 5.74) is 0. The standard InChI is InChI=1S/C16H33P/c1-2-3-4-5-6-7-8-9-10-11-12-13-14-15-16-17/h15-16H,2-14,17H2,1H3/b16-15+. The Morgan fingerprint density at radius 3 is 1.47 bits per heavy atom. The van der Waals surface area contributed by atoms with E-state index < -0.39 is 0 Å². The van der Waals surface area contributed by atoms with E-state index in [1.165, 1.54) is 83.5 Å². The van der Waals surface area contributed by atoms with E-state index in [1.807, 2.05) is 0 Å². The van der Waals surface area contributed by atoms with Crippen molar-refractivity contribution in [3.05, 3.63) is 11.9 Å². The molecule has 102 valence electrons. The number of unbranched alkanes of at least 4 members (excludes halogenated alkanes) is 12. The molecule has 0 nitrogen and oxygen atoms in total. The van der Waals surface area contributed by atoms with Crippen LogP contribution in [0.2, 0.25) is 0 Å². The predicted molar refractivity (Wildman–Crippen MR) is 84.5 cm³/mol. The lowest BCUT2D eigenvalue weighted by Gasteiger charge is -2.02. The van der Waals surface area contributed by atoms with E-state index in [1.54, 1.807) is 0 Å². The Kier molecular flexibility index (Phi) is 16.3. The molecule has 0 aromatic carbocycles. The highest BCUT2D eigenvalue weighted by molar-refractivity contribution is 7.20. The number of rotatable bonds is 13. The summed E-state index contributed by atoms with van der Waals surface area (Å²) in [6.07, 6.45) is 20.8. The molecule has 17 heavy (non-hydrogen) atoms. The van der Waals surface area contributed by atoms with Gasteiger partial charge in [-0.25, -0.2) is 0 Å². The molecule has 0 bridgehead atoms. The van der Waals surface area contributed by atoms with E-state index in [9.17, 15) is 0 Å². The molecular weight excluding hydrogens is 223 g/mol. The summed E-state index contributed by atoms with van der Waals surface area (Å²) in [4.78, 5) is 0. The van der Waals surface area contributed by atoms with Crippen LogP contribution in [-0.4, -0.2) is 0 Å². The van der Waals surface area contributed by atoms with Crippen molar-refractivity contribution in [2.75, 3.05) is 0 Å². The lowest BCUT2D eigenvalue weighted by molar-refractivity contribution is 0.545. The van der Waals surface area contributed by atoms with Crippen LogP contribution in [0.4, 0.5) is 0 Å². The SMILES string of the molecule is CCCCCCCCCCCCCC/C=C/P. The van der Waals surface area contributed by atoms with E-state index in [2.05, 4.69) is 28.1 Å². The molecule has 0 saturated heterocycles. The molecule has 0 aromatic heterocycles. The molecule has 0 aromatic rings. The average molecular weight is 256 g/mol. The van der Waals surface area contributed by atoms with Crippen LogP contribution in [0.1, 0.15) is 90.4 Å². The third kappa shape index (κ3) is 16.2. The second kappa shape index (κ2) is 16.2. The quantitative estimate of drug-likeness (QED) is 0.262. The molecule has 0 fully saturated rings. The Morgan fingerprint density at radius 1 is 0.647 bits per heavy atom. The first-order chi connectivity index (χ1) is 8.41. The second-order valence-corrected chi connectivity index (χ2v) is 5.49. The van der Waals surface area contributed by atoms with Crippen LogP contribution in [0.3, 0.4) is 0 Å². The van der Waals surface area contributed by atoms with Gasteiger partial charge in [-0.3, -0.25) is 0 Å². The Hall–Kier alpha value is 0.170. The molecule has 0 radical (unpaired) electrons. The second-order valence-electron chi connectivity index (χ2n) is 5.11. The van der Waals surface area contributed by atoms with Crippen molar-refractivity contribution >= 4 is 9.24 Å². The van der Waals surface area contributed by atoms with Crippen molar-refractivity contribution < 1.29 is 0 Å². The molecule has 0 amide bonds. The third-order valence-electron chi connectivity index (χ3n) is 3.36. The van der Waals surface area contributed by atoms with Crippen LogP contribution in [0.5, 0.6) is 0 Å². The highest BCUT2D eigenvalue weighted by Gasteiger charge is 1.92. The Labute approximate surface area is 112 Å². The summed E-state index contributed by atoms with van der Waals surface area (Å²) in [7, 11) is 2.64. The van der Waals surface area contributed by atoms with Gasteiger partial charge in [0.1, 0.15) is 0 Å². The van der Waals surface area contributed by atoms with E-state index in [0.717, 1.165) is 0 Å². The summed E-state index contributed by atoms with van der Waals surface area (Å²) < 4.78 is 0. The zero-order valence-electron chi connectivity index (χ0n) is 11.9. The fraction of sp³-hybridized carbons (Fsp3) is 0.875. The zero-order valence-corrected chi connectivity index (χ0v) is 13.1. The summed E-state index contributed by atoms with van der Waals surface area (Å²) in [6.45, 7) is 2.29. The summed E-state index contributed by atoms with van der Waals surface area (Å²) in [6, 6.07) is 0. The number of hydrogen-bond donors (Lipinski definition) is 0. The molecule has 0 N–H and O–H groups in total. The van der Waals surface area contributed by atoms with Gasteiger partial charge in [0.15, 0.2) is 0 Å². The minimum atomic E-state index is 1.26.